The Morgan fingerprint density at radius 1 is 1.35 bits per heavy atom. The van der Waals surface area contributed by atoms with Crippen LogP contribution in [-0.2, 0) is 11.4 Å². The Hall–Kier alpha value is -1.26. The fourth-order valence-corrected chi connectivity index (χ4v) is 1.57. The molecule has 0 fully saturated rings. The summed E-state index contributed by atoms with van der Waals surface area (Å²) in [6.45, 7) is 0.210. The number of hydrogen-bond donors (Lipinski definition) is 1. The van der Waals surface area contributed by atoms with E-state index >= 15 is 0 Å². The standard InChI is InChI=1S/C12H17ClN2O2/c1-14(2)12(17)7-15(3)10-5-4-9(8-16)11(13)6-10/h4-6,16H,7-8H2,1-3H3. The zero-order valence-corrected chi connectivity index (χ0v) is 11.0. The van der Waals surface area contributed by atoms with Gasteiger partial charge in [0.25, 0.3) is 0 Å². The van der Waals surface area contributed by atoms with Crippen molar-refractivity contribution in [1.82, 2.24) is 4.90 Å². The topological polar surface area (TPSA) is 43.8 Å². The first-order valence-corrected chi connectivity index (χ1v) is 5.64. The van der Waals surface area contributed by atoms with Crippen LogP contribution in [0.4, 0.5) is 5.69 Å². The Kier molecular flexibility index (Phi) is 4.78. The number of aliphatic hydroxyl groups excluding tert-OH is 1. The van der Waals surface area contributed by atoms with Crippen LogP contribution >= 0.6 is 11.6 Å². The van der Waals surface area contributed by atoms with E-state index in [1.165, 1.54) is 0 Å². The molecule has 17 heavy (non-hydrogen) atoms. The molecule has 0 saturated heterocycles. The van der Waals surface area contributed by atoms with Gasteiger partial charge < -0.3 is 14.9 Å². The summed E-state index contributed by atoms with van der Waals surface area (Å²) in [6, 6.07) is 5.34. The second-order valence-electron chi connectivity index (χ2n) is 4.08. The van der Waals surface area contributed by atoms with Gasteiger partial charge in [-0.25, -0.2) is 0 Å². The van der Waals surface area contributed by atoms with Gasteiger partial charge in [0, 0.05) is 31.9 Å². The van der Waals surface area contributed by atoms with Crippen molar-refractivity contribution in [1.29, 1.82) is 0 Å². The molecule has 0 saturated carbocycles. The zero-order chi connectivity index (χ0) is 13.0. The van der Waals surface area contributed by atoms with Gasteiger partial charge >= 0.3 is 0 Å². The molecule has 0 bridgehead atoms. The Labute approximate surface area is 106 Å². The molecule has 4 nitrogen and oxygen atoms in total. The van der Waals surface area contributed by atoms with Crippen molar-refractivity contribution in [3.05, 3.63) is 28.8 Å². The number of hydrogen-bond acceptors (Lipinski definition) is 3. The summed E-state index contributed by atoms with van der Waals surface area (Å²) in [5.41, 5.74) is 1.53. The van der Waals surface area contributed by atoms with Gasteiger partial charge in [-0.05, 0) is 17.7 Å². The van der Waals surface area contributed by atoms with Crippen molar-refractivity contribution >= 4 is 23.2 Å². The van der Waals surface area contributed by atoms with Gasteiger partial charge in [-0.3, -0.25) is 4.79 Å². The molecule has 0 aliphatic heterocycles. The largest absolute Gasteiger partial charge is 0.392 e. The number of nitrogens with zero attached hydrogens (tertiary/aromatic N) is 2. The number of likely N-dealkylation sites (N-methyl/N-ethyl adjacent to an activating group) is 2. The molecule has 94 valence electrons. The quantitative estimate of drug-likeness (QED) is 0.885. The SMILES string of the molecule is CN(C)C(=O)CN(C)c1ccc(CO)c(Cl)c1. The van der Waals surface area contributed by atoms with E-state index in [0.29, 0.717) is 17.1 Å². The predicted octanol–water partition coefficient (Wildman–Crippen LogP) is 1.36. The van der Waals surface area contributed by atoms with E-state index < -0.39 is 0 Å². The number of aliphatic hydroxyl groups is 1. The van der Waals surface area contributed by atoms with Gasteiger partial charge in [-0.15, -0.1) is 0 Å². The average Bonchev–Trinajstić information content (AvgIpc) is 2.28. The normalized spacial score (nSPS) is 10.2. The minimum Gasteiger partial charge on any atom is -0.392 e. The summed E-state index contributed by atoms with van der Waals surface area (Å²) in [5, 5.41) is 9.52. The summed E-state index contributed by atoms with van der Waals surface area (Å²) in [7, 11) is 5.27. The Morgan fingerprint density at radius 3 is 2.47 bits per heavy atom. The third-order valence-corrected chi connectivity index (χ3v) is 2.87. The van der Waals surface area contributed by atoms with Crippen LogP contribution < -0.4 is 4.90 Å². The van der Waals surface area contributed by atoms with E-state index in [0.717, 1.165) is 5.69 Å². The maximum Gasteiger partial charge on any atom is 0.241 e. The molecule has 0 spiro atoms. The van der Waals surface area contributed by atoms with E-state index in [2.05, 4.69) is 0 Å². The maximum atomic E-state index is 11.5. The van der Waals surface area contributed by atoms with Gasteiger partial charge in [0.2, 0.25) is 5.91 Å². The van der Waals surface area contributed by atoms with Crippen LogP contribution in [0.3, 0.4) is 0 Å². The van der Waals surface area contributed by atoms with Crippen molar-refractivity contribution in [2.24, 2.45) is 0 Å². The molecule has 0 radical (unpaired) electrons. The van der Waals surface area contributed by atoms with Crippen LogP contribution in [0.25, 0.3) is 0 Å². The molecule has 1 aromatic carbocycles. The average molecular weight is 257 g/mol. The lowest BCUT2D eigenvalue weighted by Gasteiger charge is -2.21. The number of amides is 1. The molecule has 0 unspecified atom stereocenters. The van der Waals surface area contributed by atoms with Crippen molar-refractivity contribution in [3.63, 3.8) is 0 Å². The highest BCUT2D eigenvalue weighted by molar-refractivity contribution is 6.31. The minimum absolute atomic E-state index is 0.0230. The molecule has 0 aliphatic rings. The molecular formula is C12H17ClN2O2. The second kappa shape index (κ2) is 5.89. The maximum absolute atomic E-state index is 11.5. The summed E-state index contributed by atoms with van der Waals surface area (Å²) < 4.78 is 0. The summed E-state index contributed by atoms with van der Waals surface area (Å²) in [4.78, 5) is 14.9. The number of benzene rings is 1. The van der Waals surface area contributed by atoms with Crippen LogP contribution in [0.5, 0.6) is 0 Å². The van der Waals surface area contributed by atoms with Crippen molar-refractivity contribution < 1.29 is 9.90 Å². The summed E-state index contributed by atoms with van der Waals surface area (Å²) >= 11 is 5.99. The molecule has 1 rings (SSSR count). The lowest BCUT2D eigenvalue weighted by molar-refractivity contribution is -0.127. The van der Waals surface area contributed by atoms with Crippen molar-refractivity contribution in [2.75, 3.05) is 32.6 Å². The Bertz CT molecular complexity index is 407. The molecule has 5 heteroatoms. The smallest absolute Gasteiger partial charge is 0.241 e. The number of rotatable bonds is 4. The Balaban J connectivity index is 2.79. The van der Waals surface area contributed by atoms with E-state index in [9.17, 15) is 4.79 Å². The van der Waals surface area contributed by atoms with Gasteiger partial charge in [-0.1, -0.05) is 17.7 Å². The zero-order valence-electron chi connectivity index (χ0n) is 10.3. The first-order valence-electron chi connectivity index (χ1n) is 5.26. The monoisotopic (exact) mass is 256 g/mol. The van der Waals surface area contributed by atoms with E-state index in [-0.39, 0.29) is 12.5 Å². The van der Waals surface area contributed by atoms with Gasteiger partial charge in [0.05, 0.1) is 13.2 Å². The second-order valence-corrected chi connectivity index (χ2v) is 4.49. The van der Waals surface area contributed by atoms with E-state index in [1.54, 1.807) is 31.1 Å². The fourth-order valence-electron chi connectivity index (χ4n) is 1.34. The van der Waals surface area contributed by atoms with Crippen LogP contribution in [0, 0.1) is 0 Å². The third kappa shape index (κ3) is 3.61. The van der Waals surface area contributed by atoms with Crippen LogP contribution in [0.2, 0.25) is 5.02 Å². The highest BCUT2D eigenvalue weighted by Crippen LogP contribution is 2.23. The highest BCUT2D eigenvalue weighted by Gasteiger charge is 2.10. The number of anilines is 1. The lowest BCUT2D eigenvalue weighted by atomic mass is 10.2. The van der Waals surface area contributed by atoms with E-state index in [4.69, 9.17) is 16.7 Å². The molecule has 0 aromatic heterocycles. The Morgan fingerprint density at radius 2 is 2.00 bits per heavy atom. The van der Waals surface area contributed by atoms with Crippen LogP contribution in [0.15, 0.2) is 18.2 Å². The third-order valence-electron chi connectivity index (χ3n) is 2.52. The van der Waals surface area contributed by atoms with Gasteiger partial charge in [0.1, 0.15) is 0 Å². The highest BCUT2D eigenvalue weighted by atomic mass is 35.5. The summed E-state index contributed by atoms with van der Waals surface area (Å²) in [6.07, 6.45) is 0. The van der Waals surface area contributed by atoms with Gasteiger partial charge in [0.15, 0.2) is 0 Å². The molecule has 0 atom stereocenters. The molecule has 0 heterocycles. The molecule has 1 aromatic rings. The fraction of sp³-hybridized carbons (Fsp3) is 0.417. The van der Waals surface area contributed by atoms with Crippen molar-refractivity contribution in [3.8, 4) is 0 Å². The van der Waals surface area contributed by atoms with Crippen LogP contribution in [-0.4, -0.2) is 43.6 Å². The van der Waals surface area contributed by atoms with Gasteiger partial charge in [-0.2, -0.15) is 0 Å². The first kappa shape index (κ1) is 13.8. The van der Waals surface area contributed by atoms with E-state index in [1.807, 2.05) is 18.0 Å². The number of carbonyl (C=O) groups is 1. The summed E-state index contributed by atoms with van der Waals surface area (Å²) in [5.74, 6) is 0.0230. The van der Waals surface area contributed by atoms with Crippen molar-refractivity contribution in [2.45, 2.75) is 6.61 Å². The first-order chi connectivity index (χ1) is 7.95. The predicted molar refractivity (Wildman–Crippen MR) is 69.3 cm³/mol. The molecule has 1 amide bonds. The lowest BCUT2D eigenvalue weighted by Crippen LogP contribution is -2.34. The number of carbonyl (C=O) groups excluding carboxylic acids is 1. The minimum atomic E-state index is -0.0839. The molecule has 1 N–H and O–H groups in total. The molecule has 0 aliphatic carbocycles. The molecular weight excluding hydrogens is 240 g/mol. The number of halogens is 1. The van der Waals surface area contributed by atoms with Crippen LogP contribution in [0.1, 0.15) is 5.56 Å².